The van der Waals surface area contributed by atoms with Gasteiger partial charge in [-0.25, -0.2) is 0 Å². The summed E-state index contributed by atoms with van der Waals surface area (Å²) in [5.41, 5.74) is 1.54. The highest BCUT2D eigenvalue weighted by Gasteiger charge is 2.51. The fourth-order valence-corrected chi connectivity index (χ4v) is 3.77. The molecule has 1 aromatic carbocycles. The van der Waals surface area contributed by atoms with Gasteiger partial charge in [0.25, 0.3) is 5.91 Å². The summed E-state index contributed by atoms with van der Waals surface area (Å²) in [6.07, 6.45) is 0. The maximum atomic E-state index is 12.4. The van der Waals surface area contributed by atoms with E-state index in [1.54, 1.807) is 0 Å². The van der Waals surface area contributed by atoms with Crippen molar-refractivity contribution in [1.82, 2.24) is 15.5 Å². The van der Waals surface area contributed by atoms with E-state index in [0.29, 0.717) is 24.6 Å². The van der Waals surface area contributed by atoms with Crippen LogP contribution in [0, 0.1) is 18.3 Å². The van der Waals surface area contributed by atoms with Gasteiger partial charge in [0.15, 0.2) is 5.82 Å². The Morgan fingerprint density at radius 1 is 1.28 bits per heavy atom. The molecule has 0 spiro atoms. The van der Waals surface area contributed by atoms with Crippen LogP contribution in [0.3, 0.4) is 0 Å². The van der Waals surface area contributed by atoms with E-state index in [4.69, 9.17) is 4.74 Å². The molecule has 0 aliphatic carbocycles. The Balaban J connectivity index is 1.46. The zero-order valence-corrected chi connectivity index (χ0v) is 14.3. The minimum atomic E-state index is -0.0585. The number of nitrogens with zero attached hydrogens (tertiary/aromatic N) is 3. The van der Waals surface area contributed by atoms with Crippen molar-refractivity contribution < 1.29 is 9.53 Å². The van der Waals surface area contributed by atoms with Crippen LogP contribution in [0.1, 0.15) is 16.1 Å². The second kappa shape index (κ2) is 6.44. The van der Waals surface area contributed by atoms with E-state index < -0.39 is 0 Å². The molecule has 4 rings (SSSR count). The minimum absolute atomic E-state index is 0.0331. The first-order valence-electron chi connectivity index (χ1n) is 8.63. The molecule has 2 saturated heterocycles. The number of nitrogens with one attached hydrogen (secondary N) is 1. The van der Waals surface area contributed by atoms with E-state index in [0.717, 1.165) is 31.2 Å². The summed E-state index contributed by atoms with van der Waals surface area (Å²) in [4.78, 5) is 14.6. The number of benzene rings is 1. The van der Waals surface area contributed by atoms with Gasteiger partial charge < -0.3 is 15.0 Å². The van der Waals surface area contributed by atoms with Crippen molar-refractivity contribution in [2.24, 2.45) is 11.3 Å². The SMILES string of the molecule is Cc1ccc(N2C[C@@H]3COC[C@]3(CNC(=O)c3ccccc3)C2)nn1. The third-order valence-corrected chi connectivity index (χ3v) is 5.27. The van der Waals surface area contributed by atoms with E-state index in [-0.39, 0.29) is 11.3 Å². The lowest BCUT2D eigenvalue weighted by molar-refractivity contribution is 0.0920. The maximum Gasteiger partial charge on any atom is 0.251 e. The first-order chi connectivity index (χ1) is 12.2. The number of carbonyl (C=O) groups is 1. The van der Waals surface area contributed by atoms with Gasteiger partial charge in [-0.1, -0.05) is 18.2 Å². The lowest BCUT2D eigenvalue weighted by Crippen LogP contribution is -2.43. The molecule has 6 nitrogen and oxygen atoms in total. The summed E-state index contributed by atoms with van der Waals surface area (Å²) >= 11 is 0. The molecule has 0 radical (unpaired) electrons. The molecular formula is C19H22N4O2. The van der Waals surface area contributed by atoms with E-state index in [1.807, 2.05) is 49.4 Å². The topological polar surface area (TPSA) is 67.3 Å². The van der Waals surface area contributed by atoms with Gasteiger partial charge in [-0.15, -0.1) is 5.10 Å². The summed E-state index contributed by atoms with van der Waals surface area (Å²) in [7, 11) is 0. The Kier molecular flexibility index (Phi) is 4.13. The number of ether oxygens (including phenoxy) is 1. The zero-order chi connectivity index (χ0) is 17.3. The monoisotopic (exact) mass is 338 g/mol. The van der Waals surface area contributed by atoms with Crippen LogP contribution in [-0.2, 0) is 4.74 Å². The van der Waals surface area contributed by atoms with E-state index >= 15 is 0 Å². The fraction of sp³-hybridized carbons (Fsp3) is 0.421. The number of hydrogen-bond donors (Lipinski definition) is 1. The smallest absolute Gasteiger partial charge is 0.251 e. The van der Waals surface area contributed by atoms with Gasteiger partial charge in [0.05, 0.1) is 18.9 Å². The van der Waals surface area contributed by atoms with Crippen LogP contribution >= 0.6 is 0 Å². The summed E-state index contributed by atoms with van der Waals surface area (Å²) in [6.45, 7) is 5.66. The fourth-order valence-electron chi connectivity index (χ4n) is 3.77. The van der Waals surface area contributed by atoms with E-state index in [9.17, 15) is 4.79 Å². The van der Waals surface area contributed by atoms with Gasteiger partial charge in [0.2, 0.25) is 0 Å². The Hall–Kier alpha value is -2.47. The molecule has 1 aromatic heterocycles. The van der Waals surface area contributed by atoms with Crippen molar-refractivity contribution in [1.29, 1.82) is 0 Å². The molecule has 0 saturated carbocycles. The predicted octanol–water partition coefficient (Wildman–Crippen LogP) is 1.67. The lowest BCUT2D eigenvalue weighted by Gasteiger charge is -2.27. The van der Waals surface area contributed by atoms with Crippen molar-refractivity contribution >= 4 is 11.7 Å². The number of rotatable bonds is 4. The molecular weight excluding hydrogens is 316 g/mol. The molecule has 0 bridgehead atoms. The molecule has 2 atom stereocenters. The largest absolute Gasteiger partial charge is 0.380 e. The Labute approximate surface area is 147 Å². The standard InChI is InChI=1S/C19H22N4O2/c1-14-7-8-17(22-21-14)23-9-16-10-25-13-19(16,12-23)11-20-18(24)15-5-3-2-4-6-15/h2-8,16H,9-13H2,1H3,(H,20,24)/t16-,19+/m1/s1. The number of aryl methyl sites for hydroxylation is 1. The molecule has 0 unspecified atom stereocenters. The molecule has 2 fully saturated rings. The summed E-state index contributed by atoms with van der Waals surface area (Å²) in [5, 5.41) is 11.6. The van der Waals surface area contributed by atoms with Crippen molar-refractivity contribution in [2.45, 2.75) is 6.92 Å². The molecule has 3 heterocycles. The number of amides is 1. The van der Waals surface area contributed by atoms with Crippen LogP contribution in [0.5, 0.6) is 0 Å². The van der Waals surface area contributed by atoms with Crippen molar-refractivity contribution in [3.8, 4) is 0 Å². The van der Waals surface area contributed by atoms with Crippen LogP contribution in [0.25, 0.3) is 0 Å². The van der Waals surface area contributed by atoms with Crippen molar-refractivity contribution in [3.05, 3.63) is 53.7 Å². The predicted molar refractivity (Wildman–Crippen MR) is 94.5 cm³/mol. The van der Waals surface area contributed by atoms with Crippen LogP contribution in [0.15, 0.2) is 42.5 Å². The van der Waals surface area contributed by atoms with E-state index in [1.165, 1.54) is 0 Å². The number of anilines is 1. The maximum absolute atomic E-state index is 12.4. The normalized spacial score (nSPS) is 25.0. The second-order valence-electron chi connectivity index (χ2n) is 7.04. The van der Waals surface area contributed by atoms with Crippen LogP contribution in [0.2, 0.25) is 0 Å². The average molecular weight is 338 g/mol. The Morgan fingerprint density at radius 2 is 2.12 bits per heavy atom. The summed E-state index contributed by atoms with van der Waals surface area (Å²) in [5.74, 6) is 1.26. The van der Waals surface area contributed by atoms with Gasteiger partial charge in [-0.05, 0) is 31.2 Å². The highest BCUT2D eigenvalue weighted by atomic mass is 16.5. The zero-order valence-electron chi connectivity index (χ0n) is 14.3. The van der Waals surface area contributed by atoms with E-state index in [2.05, 4.69) is 20.4 Å². The van der Waals surface area contributed by atoms with Gasteiger partial charge in [0, 0.05) is 36.5 Å². The molecule has 25 heavy (non-hydrogen) atoms. The van der Waals surface area contributed by atoms with Crippen LogP contribution in [0.4, 0.5) is 5.82 Å². The Morgan fingerprint density at radius 3 is 2.88 bits per heavy atom. The van der Waals surface area contributed by atoms with Crippen LogP contribution < -0.4 is 10.2 Å². The third kappa shape index (κ3) is 3.09. The third-order valence-electron chi connectivity index (χ3n) is 5.27. The first kappa shape index (κ1) is 16.0. The minimum Gasteiger partial charge on any atom is -0.380 e. The molecule has 1 N–H and O–H groups in total. The summed E-state index contributed by atoms with van der Waals surface area (Å²) < 4.78 is 5.74. The quantitative estimate of drug-likeness (QED) is 0.918. The molecule has 6 heteroatoms. The number of carbonyl (C=O) groups excluding carboxylic acids is 1. The van der Waals surface area contributed by atoms with Gasteiger partial charge in [-0.3, -0.25) is 4.79 Å². The lowest BCUT2D eigenvalue weighted by atomic mass is 9.81. The highest BCUT2D eigenvalue weighted by molar-refractivity contribution is 5.94. The summed E-state index contributed by atoms with van der Waals surface area (Å²) in [6, 6.07) is 13.3. The first-order valence-corrected chi connectivity index (χ1v) is 8.63. The number of aromatic nitrogens is 2. The van der Waals surface area contributed by atoms with Crippen molar-refractivity contribution in [3.63, 3.8) is 0 Å². The molecule has 1 amide bonds. The van der Waals surface area contributed by atoms with Gasteiger partial charge >= 0.3 is 0 Å². The highest BCUT2D eigenvalue weighted by Crippen LogP contribution is 2.42. The molecule has 130 valence electrons. The average Bonchev–Trinajstić information content (AvgIpc) is 3.18. The number of fused-ring (bicyclic) bond motifs is 1. The van der Waals surface area contributed by atoms with Crippen molar-refractivity contribution in [2.75, 3.05) is 37.7 Å². The molecule has 2 aliphatic rings. The Bertz CT molecular complexity index is 750. The molecule has 2 aromatic rings. The van der Waals surface area contributed by atoms with Crippen LogP contribution in [-0.4, -0.2) is 49.0 Å². The van der Waals surface area contributed by atoms with Gasteiger partial charge in [-0.2, -0.15) is 5.10 Å². The molecule has 2 aliphatic heterocycles. The second-order valence-corrected chi connectivity index (χ2v) is 7.04. The van der Waals surface area contributed by atoms with Gasteiger partial charge in [0.1, 0.15) is 0 Å². The number of hydrogen-bond acceptors (Lipinski definition) is 5.